The van der Waals surface area contributed by atoms with Gasteiger partial charge in [-0.05, 0) is 48.6 Å². The molecule has 6 nitrogen and oxygen atoms in total. The number of hydrogen-bond donors (Lipinski definition) is 2. The van der Waals surface area contributed by atoms with Crippen molar-refractivity contribution >= 4 is 11.9 Å². The standard InChI is InChI=1S/C29H42O6/c1-4-5-6-7-23-8-12-25(13-9-23)26-14-10-24(11-15-26)18-27(35-29(33)22(3)20-31)16-17-34-28(32)21(2)19-30/h10-11,14-15,23,25,27,30-31H,2-9,12-13,16-20H2,1H3. The van der Waals surface area contributed by atoms with Crippen LogP contribution in [0.4, 0.5) is 0 Å². The molecule has 1 aliphatic rings. The summed E-state index contributed by atoms with van der Waals surface area (Å²) in [6, 6.07) is 8.50. The average molecular weight is 487 g/mol. The lowest BCUT2D eigenvalue weighted by Crippen LogP contribution is -2.25. The smallest absolute Gasteiger partial charge is 0.336 e. The maximum atomic E-state index is 12.2. The van der Waals surface area contributed by atoms with Gasteiger partial charge in [-0.3, -0.25) is 0 Å². The molecular weight excluding hydrogens is 444 g/mol. The Labute approximate surface area is 210 Å². The van der Waals surface area contributed by atoms with Gasteiger partial charge in [0.15, 0.2) is 0 Å². The van der Waals surface area contributed by atoms with Crippen LogP contribution in [-0.2, 0) is 25.5 Å². The van der Waals surface area contributed by atoms with Gasteiger partial charge < -0.3 is 19.7 Å². The van der Waals surface area contributed by atoms with Gasteiger partial charge in [-0.2, -0.15) is 0 Å². The number of rotatable bonds is 15. The SMILES string of the molecule is C=C(CO)C(=O)OCCC(Cc1ccc(C2CCC(CCCCC)CC2)cc1)OC(=O)C(=C)CO. The van der Waals surface area contributed by atoms with Gasteiger partial charge in [-0.25, -0.2) is 9.59 Å². The van der Waals surface area contributed by atoms with Crippen molar-refractivity contribution in [2.24, 2.45) is 5.92 Å². The van der Waals surface area contributed by atoms with Crippen LogP contribution >= 0.6 is 0 Å². The van der Waals surface area contributed by atoms with Crippen LogP contribution in [0.2, 0.25) is 0 Å². The second-order valence-electron chi connectivity index (χ2n) is 9.63. The van der Waals surface area contributed by atoms with Gasteiger partial charge in [-0.1, -0.05) is 70.0 Å². The van der Waals surface area contributed by atoms with Crippen LogP contribution in [0.3, 0.4) is 0 Å². The highest BCUT2D eigenvalue weighted by Crippen LogP contribution is 2.37. The van der Waals surface area contributed by atoms with Crippen LogP contribution in [0.25, 0.3) is 0 Å². The minimum absolute atomic E-state index is 0.0149. The van der Waals surface area contributed by atoms with Crippen LogP contribution in [0.15, 0.2) is 48.6 Å². The molecule has 2 rings (SSSR count). The zero-order chi connectivity index (χ0) is 25.6. The van der Waals surface area contributed by atoms with E-state index in [4.69, 9.17) is 19.7 Å². The molecule has 1 atom stereocenters. The summed E-state index contributed by atoms with van der Waals surface area (Å²) in [7, 11) is 0. The van der Waals surface area contributed by atoms with E-state index in [9.17, 15) is 9.59 Å². The van der Waals surface area contributed by atoms with E-state index in [1.807, 2.05) is 0 Å². The number of ether oxygens (including phenoxy) is 2. The van der Waals surface area contributed by atoms with Gasteiger partial charge in [0.25, 0.3) is 0 Å². The zero-order valence-corrected chi connectivity index (χ0v) is 21.2. The van der Waals surface area contributed by atoms with Crippen LogP contribution in [0.5, 0.6) is 0 Å². The summed E-state index contributed by atoms with van der Waals surface area (Å²) in [6.45, 7) is 8.27. The number of unbranched alkanes of at least 4 members (excludes halogenated alkanes) is 2. The van der Waals surface area contributed by atoms with Crippen LogP contribution < -0.4 is 0 Å². The van der Waals surface area contributed by atoms with E-state index in [-0.39, 0.29) is 24.2 Å². The van der Waals surface area contributed by atoms with E-state index in [2.05, 4.69) is 44.3 Å². The minimum atomic E-state index is -0.679. The molecule has 0 bridgehead atoms. The number of benzene rings is 1. The molecule has 35 heavy (non-hydrogen) atoms. The van der Waals surface area contributed by atoms with E-state index in [1.54, 1.807) is 0 Å². The Morgan fingerprint density at radius 3 is 2.20 bits per heavy atom. The number of aliphatic hydroxyl groups is 2. The topological polar surface area (TPSA) is 93.1 Å². The van der Waals surface area contributed by atoms with E-state index in [1.165, 1.54) is 56.9 Å². The number of aliphatic hydroxyl groups excluding tert-OH is 2. The molecule has 0 amide bonds. The highest BCUT2D eigenvalue weighted by Gasteiger charge is 2.23. The molecular formula is C29H42O6. The Bertz CT molecular complexity index is 820. The van der Waals surface area contributed by atoms with Crippen molar-refractivity contribution in [3.63, 3.8) is 0 Å². The third-order valence-corrected chi connectivity index (χ3v) is 6.88. The molecule has 1 aromatic carbocycles. The first-order valence-electron chi connectivity index (χ1n) is 12.9. The molecule has 194 valence electrons. The van der Waals surface area contributed by atoms with Crippen molar-refractivity contribution in [2.45, 2.75) is 83.2 Å². The third-order valence-electron chi connectivity index (χ3n) is 6.88. The quantitative estimate of drug-likeness (QED) is 0.205. The molecule has 0 spiro atoms. The first-order chi connectivity index (χ1) is 16.9. The van der Waals surface area contributed by atoms with Gasteiger partial charge in [0, 0.05) is 12.8 Å². The molecule has 1 unspecified atom stereocenters. The van der Waals surface area contributed by atoms with E-state index < -0.39 is 31.3 Å². The van der Waals surface area contributed by atoms with Gasteiger partial charge in [0.05, 0.1) is 31.0 Å². The van der Waals surface area contributed by atoms with E-state index in [0.29, 0.717) is 12.3 Å². The molecule has 1 aromatic rings. The predicted octanol–water partition coefficient (Wildman–Crippen LogP) is 5.03. The molecule has 1 fully saturated rings. The van der Waals surface area contributed by atoms with Crippen molar-refractivity contribution in [3.05, 3.63) is 59.7 Å². The second-order valence-corrected chi connectivity index (χ2v) is 9.63. The molecule has 0 heterocycles. The summed E-state index contributed by atoms with van der Waals surface area (Å²) in [5.41, 5.74) is 2.32. The van der Waals surface area contributed by atoms with Crippen molar-refractivity contribution in [3.8, 4) is 0 Å². The average Bonchev–Trinajstić information content (AvgIpc) is 2.88. The van der Waals surface area contributed by atoms with Crippen LogP contribution in [0, 0.1) is 5.92 Å². The van der Waals surface area contributed by atoms with Crippen molar-refractivity contribution in [1.29, 1.82) is 0 Å². The summed E-state index contributed by atoms with van der Waals surface area (Å²) < 4.78 is 10.6. The maximum Gasteiger partial charge on any atom is 0.336 e. The Morgan fingerprint density at radius 1 is 0.971 bits per heavy atom. The summed E-state index contributed by atoms with van der Waals surface area (Å²) in [6.07, 6.45) is 10.6. The summed E-state index contributed by atoms with van der Waals surface area (Å²) in [5.74, 6) is 0.134. The number of carbonyl (C=O) groups excluding carboxylic acids is 2. The monoisotopic (exact) mass is 486 g/mol. The molecule has 1 saturated carbocycles. The summed E-state index contributed by atoms with van der Waals surface area (Å²) in [5, 5.41) is 18.2. The molecule has 6 heteroatoms. The van der Waals surface area contributed by atoms with Crippen LogP contribution in [-0.4, -0.2) is 48.1 Å². The van der Waals surface area contributed by atoms with Crippen molar-refractivity contribution < 1.29 is 29.3 Å². The Balaban J connectivity index is 1.92. The fourth-order valence-electron chi connectivity index (χ4n) is 4.61. The largest absolute Gasteiger partial charge is 0.462 e. The normalized spacial score (nSPS) is 18.5. The minimum Gasteiger partial charge on any atom is -0.462 e. The maximum absolute atomic E-state index is 12.2. The predicted molar refractivity (Wildman–Crippen MR) is 137 cm³/mol. The molecule has 0 aliphatic heterocycles. The number of esters is 2. The van der Waals surface area contributed by atoms with Crippen molar-refractivity contribution in [1.82, 2.24) is 0 Å². The molecule has 2 N–H and O–H groups in total. The van der Waals surface area contributed by atoms with Crippen molar-refractivity contribution in [2.75, 3.05) is 19.8 Å². The fourth-order valence-corrected chi connectivity index (χ4v) is 4.61. The Hall–Kier alpha value is -2.44. The Kier molecular flexibility index (Phi) is 12.8. The second kappa shape index (κ2) is 15.5. The van der Waals surface area contributed by atoms with Gasteiger partial charge >= 0.3 is 11.9 Å². The van der Waals surface area contributed by atoms with Gasteiger partial charge in [0.2, 0.25) is 0 Å². The fraction of sp³-hybridized carbons (Fsp3) is 0.586. The molecule has 0 saturated heterocycles. The first kappa shape index (κ1) is 28.8. The van der Waals surface area contributed by atoms with Gasteiger partial charge in [-0.15, -0.1) is 0 Å². The number of hydrogen-bond acceptors (Lipinski definition) is 6. The highest BCUT2D eigenvalue weighted by molar-refractivity contribution is 5.88. The van der Waals surface area contributed by atoms with Gasteiger partial charge in [0.1, 0.15) is 6.10 Å². The third kappa shape index (κ3) is 9.98. The molecule has 0 radical (unpaired) electrons. The first-order valence-corrected chi connectivity index (χ1v) is 12.9. The lowest BCUT2D eigenvalue weighted by atomic mass is 9.77. The Morgan fingerprint density at radius 2 is 1.60 bits per heavy atom. The van der Waals surface area contributed by atoms with E-state index >= 15 is 0 Å². The lowest BCUT2D eigenvalue weighted by Gasteiger charge is -2.29. The summed E-state index contributed by atoms with van der Waals surface area (Å²) in [4.78, 5) is 23.9. The lowest BCUT2D eigenvalue weighted by molar-refractivity contribution is -0.146. The van der Waals surface area contributed by atoms with Crippen LogP contribution in [0.1, 0.15) is 81.8 Å². The summed E-state index contributed by atoms with van der Waals surface area (Å²) >= 11 is 0. The molecule has 1 aliphatic carbocycles. The zero-order valence-electron chi connectivity index (χ0n) is 21.2. The highest BCUT2D eigenvalue weighted by atomic mass is 16.6. The van der Waals surface area contributed by atoms with E-state index in [0.717, 1.165) is 11.5 Å². The molecule has 0 aromatic heterocycles. The number of carbonyl (C=O) groups is 2.